The van der Waals surface area contributed by atoms with Crippen LogP contribution in [-0.2, 0) is 27.2 Å². The molecule has 6 rings (SSSR count). The van der Waals surface area contributed by atoms with Gasteiger partial charge in [-0.15, -0.1) is 0 Å². The second-order valence-corrected chi connectivity index (χ2v) is 16.6. The van der Waals surface area contributed by atoms with Gasteiger partial charge in [-0.25, -0.2) is 23.6 Å². The van der Waals surface area contributed by atoms with Gasteiger partial charge < -0.3 is 41.2 Å². The number of halogens is 5. The average molecular weight is 881 g/mol. The largest absolute Gasteiger partial charge is 0.453 e. The number of benzene rings is 2. The number of amides is 2. The average Bonchev–Trinajstić information content (AvgIpc) is 3.48. The maximum absolute atomic E-state index is 15.1. The molecule has 4 heterocycles. The van der Waals surface area contributed by atoms with Gasteiger partial charge in [0.15, 0.2) is 0 Å². The monoisotopic (exact) mass is 880 g/mol. The molecule has 6 N–H and O–H groups in total. The Hall–Kier alpha value is -5.61. The smallest absolute Gasteiger partial charge is 0.407 e. The van der Waals surface area contributed by atoms with Crippen molar-refractivity contribution in [3.05, 3.63) is 100 Å². The molecule has 5 atom stereocenters. The summed E-state index contributed by atoms with van der Waals surface area (Å²) in [5.74, 6) is 4.39. The van der Waals surface area contributed by atoms with Gasteiger partial charge in [0, 0.05) is 84.6 Å². The number of rotatable bonds is 17. The van der Waals surface area contributed by atoms with Crippen LogP contribution in [0, 0.1) is 28.9 Å². The molecular weight excluding hydrogens is 828 g/mol. The lowest BCUT2D eigenvalue weighted by atomic mass is 9.85. The molecular formula is C45H53F5N8O5. The molecule has 2 aromatic carbocycles. The molecule has 0 saturated carbocycles. The third kappa shape index (κ3) is 11.9. The molecule has 3 unspecified atom stereocenters. The van der Waals surface area contributed by atoms with Crippen LogP contribution in [0.1, 0.15) is 54.5 Å². The Morgan fingerprint density at radius 1 is 1.03 bits per heavy atom. The third-order valence-corrected chi connectivity index (χ3v) is 11.7. The molecule has 2 bridgehead atoms. The molecule has 1 aromatic heterocycles. The van der Waals surface area contributed by atoms with Crippen LogP contribution in [0.25, 0.3) is 5.57 Å². The number of aliphatic hydroxyl groups excluding tert-OH is 1. The number of pyridine rings is 1. The fraction of sp³-hybridized carbons (Fsp3) is 0.467. The number of alkyl halides is 3. The zero-order chi connectivity index (χ0) is 45.3. The minimum atomic E-state index is -3.05. The number of nitrogens with zero attached hydrogens (tertiary/aromatic N) is 4. The Morgan fingerprint density at radius 3 is 2.24 bits per heavy atom. The van der Waals surface area contributed by atoms with Gasteiger partial charge in [0.1, 0.15) is 23.5 Å². The minimum Gasteiger partial charge on any atom is -0.453 e. The van der Waals surface area contributed by atoms with Crippen LogP contribution in [0.2, 0.25) is 0 Å². The Kier molecular flexibility index (Phi) is 15.8. The highest BCUT2D eigenvalue weighted by atomic mass is 19.3. The van der Waals surface area contributed by atoms with Crippen LogP contribution >= 0.6 is 0 Å². The number of fused-ring (bicyclic) bond motifs is 2. The highest BCUT2D eigenvalue weighted by Gasteiger charge is 2.45. The third-order valence-electron chi connectivity index (χ3n) is 11.7. The highest BCUT2D eigenvalue weighted by Crippen LogP contribution is 2.35. The number of carbonyl (C=O) groups excluding carboxylic acids is 2. The van der Waals surface area contributed by atoms with Crippen LogP contribution in [0.5, 0.6) is 0 Å². The van der Waals surface area contributed by atoms with Crippen molar-refractivity contribution < 1.29 is 46.1 Å². The number of nitrogens with two attached hydrogens (primary N) is 1. The summed E-state index contributed by atoms with van der Waals surface area (Å²) in [7, 11) is 1.10. The van der Waals surface area contributed by atoms with Crippen molar-refractivity contribution in [3.63, 3.8) is 0 Å². The van der Waals surface area contributed by atoms with E-state index in [1.807, 2.05) is 12.1 Å². The summed E-state index contributed by atoms with van der Waals surface area (Å²) < 4.78 is 79.6. The van der Waals surface area contributed by atoms with E-state index in [0.717, 1.165) is 63.1 Å². The number of alkyl carbamates (subject to hydrolysis) is 1. The van der Waals surface area contributed by atoms with Crippen molar-refractivity contribution in [2.24, 2.45) is 16.1 Å². The van der Waals surface area contributed by atoms with Gasteiger partial charge in [0.2, 0.25) is 5.91 Å². The van der Waals surface area contributed by atoms with Crippen molar-refractivity contribution in [2.75, 3.05) is 51.5 Å². The Labute approximate surface area is 363 Å². The van der Waals surface area contributed by atoms with Gasteiger partial charge in [0.25, 0.3) is 0 Å². The van der Waals surface area contributed by atoms with Crippen molar-refractivity contribution in [1.29, 1.82) is 0 Å². The second-order valence-electron chi connectivity index (χ2n) is 16.6. The van der Waals surface area contributed by atoms with E-state index in [1.165, 1.54) is 26.7 Å². The van der Waals surface area contributed by atoms with E-state index >= 15 is 8.78 Å². The van der Waals surface area contributed by atoms with E-state index in [2.05, 4.69) is 47.3 Å². The van der Waals surface area contributed by atoms with E-state index in [4.69, 9.17) is 15.5 Å². The normalized spacial score (nSPS) is 19.6. The van der Waals surface area contributed by atoms with Crippen molar-refractivity contribution >= 4 is 29.6 Å². The molecule has 3 aromatic rings. The quantitative estimate of drug-likeness (QED) is 0.0572. The van der Waals surface area contributed by atoms with E-state index in [0.29, 0.717) is 35.5 Å². The minimum absolute atomic E-state index is 0.0465. The first-order valence-corrected chi connectivity index (χ1v) is 20.7. The van der Waals surface area contributed by atoms with Gasteiger partial charge in [0.05, 0.1) is 45.2 Å². The number of ether oxygens (including phenoxy) is 2. The van der Waals surface area contributed by atoms with Crippen molar-refractivity contribution in [2.45, 2.75) is 82.5 Å². The van der Waals surface area contributed by atoms with Crippen LogP contribution in [-0.4, -0.2) is 123 Å². The fourth-order valence-electron chi connectivity index (χ4n) is 8.08. The summed E-state index contributed by atoms with van der Waals surface area (Å²) in [5.41, 5.74) is 5.51. The molecule has 13 nitrogen and oxygen atoms in total. The maximum Gasteiger partial charge on any atom is 0.407 e. The Bertz CT molecular complexity index is 2140. The molecule has 63 heavy (non-hydrogen) atoms. The molecule has 3 aliphatic heterocycles. The van der Waals surface area contributed by atoms with Crippen LogP contribution < -0.4 is 26.6 Å². The van der Waals surface area contributed by atoms with E-state index in [-0.39, 0.29) is 24.1 Å². The van der Waals surface area contributed by atoms with Gasteiger partial charge >= 0.3 is 12.6 Å². The highest BCUT2D eigenvalue weighted by molar-refractivity contribution is 6.09. The summed E-state index contributed by atoms with van der Waals surface area (Å²) in [6.07, 6.45) is 3.43. The van der Waals surface area contributed by atoms with E-state index in [1.54, 1.807) is 30.5 Å². The first-order chi connectivity index (χ1) is 30.2. The van der Waals surface area contributed by atoms with Crippen LogP contribution in [0.4, 0.5) is 32.6 Å². The number of anilines is 1. The second kappa shape index (κ2) is 21.2. The number of piperazine rings is 1. The summed E-state index contributed by atoms with van der Waals surface area (Å²) in [6.45, 7) is 1.65. The molecule has 2 amide bonds. The first kappa shape index (κ1) is 46.9. The number of nitrogens with one attached hydrogen (secondary N) is 3. The first-order valence-electron chi connectivity index (χ1n) is 20.7. The predicted octanol–water partition coefficient (Wildman–Crippen LogP) is 4.30. The summed E-state index contributed by atoms with van der Waals surface area (Å²) in [4.78, 5) is 38.5. The molecule has 0 radical (unpaired) electrons. The number of aromatic nitrogens is 1. The molecule has 3 fully saturated rings. The number of carbonyl (C=O) groups is 2. The Morgan fingerprint density at radius 2 is 1.68 bits per heavy atom. The van der Waals surface area contributed by atoms with Gasteiger partial charge in [-0.05, 0) is 66.8 Å². The lowest BCUT2D eigenvalue weighted by molar-refractivity contribution is -0.127. The van der Waals surface area contributed by atoms with Crippen LogP contribution in [0.15, 0.2) is 65.9 Å². The fourth-order valence-corrected chi connectivity index (χ4v) is 8.08. The van der Waals surface area contributed by atoms with Gasteiger partial charge in [-0.2, -0.15) is 8.78 Å². The standard InChI is InChI=1S/C45H53F5N8O5/c1-45(2,26-46)41(56-44(61)62-3)42(60)55-38(39(59)21-52-20-35-36(47)15-30(16-37(35)48)31(17-51)19-54-43(49)50)14-28-7-4-27(5-8-28)6-9-29-10-13-40(53-18-29)57-22-32-11-12-33(23-57)58(32)34-24-63-25-34/h4-5,7-8,10,13,15-19,32-34,38-39,41,43,52,59H,11-12,14,20-26,51H2,1-3H3,(H,55,60)(H,56,61)/t32?,33?,38-,39-,41?/m0/s1. The number of methoxy groups -OCH3 is 1. The van der Waals surface area contributed by atoms with Crippen molar-refractivity contribution in [3.8, 4) is 11.8 Å². The molecule has 0 aliphatic carbocycles. The number of allylic oxidation sites excluding steroid dienone is 1. The Balaban J connectivity index is 1.12. The summed E-state index contributed by atoms with van der Waals surface area (Å²) in [5, 5.41) is 19.3. The predicted molar refractivity (Wildman–Crippen MR) is 228 cm³/mol. The van der Waals surface area contributed by atoms with E-state index < -0.39 is 72.6 Å². The lowest BCUT2D eigenvalue weighted by Crippen LogP contribution is -2.62. The summed E-state index contributed by atoms with van der Waals surface area (Å²) >= 11 is 0. The molecule has 0 spiro atoms. The van der Waals surface area contributed by atoms with Crippen LogP contribution in [0.3, 0.4) is 0 Å². The number of hydrogen-bond donors (Lipinski definition) is 5. The SMILES string of the molecule is COC(=O)NC(C(=O)N[C@@H](Cc1ccc(C#Cc2ccc(N3CC4CCC(C3)N4C3COC3)nc2)cc1)[C@@H](O)CNCc1c(F)cc(C(C=NC(F)F)=CN)cc1F)C(C)(C)CF. The maximum atomic E-state index is 15.1. The summed E-state index contributed by atoms with van der Waals surface area (Å²) in [6, 6.07) is 12.0. The molecule has 3 saturated heterocycles. The van der Waals surface area contributed by atoms with Gasteiger partial charge in [-0.3, -0.25) is 14.1 Å². The number of aliphatic imine (C=N–C) groups is 1. The topological polar surface area (TPSA) is 167 Å². The van der Waals surface area contributed by atoms with Crippen molar-refractivity contribution in [1.82, 2.24) is 25.8 Å². The lowest BCUT2D eigenvalue weighted by Gasteiger charge is -2.47. The van der Waals surface area contributed by atoms with E-state index in [9.17, 15) is 27.9 Å². The molecule has 3 aliphatic rings. The molecule has 18 heteroatoms. The zero-order valence-electron chi connectivity index (χ0n) is 35.3. The van der Waals surface area contributed by atoms with Gasteiger partial charge in [-0.1, -0.05) is 37.8 Å². The number of hydrogen-bond acceptors (Lipinski definition) is 11. The molecule has 338 valence electrons. The zero-order valence-corrected chi connectivity index (χ0v) is 35.3. The number of aliphatic hydroxyl groups is 1.